The predicted octanol–water partition coefficient (Wildman–Crippen LogP) is 3.84. The van der Waals surface area contributed by atoms with Crippen LogP contribution in [0.15, 0.2) is 12.1 Å². The molecule has 1 aliphatic rings. The molecule has 1 aromatic carbocycles. The molecule has 0 spiro atoms. The Morgan fingerprint density at radius 2 is 1.88 bits per heavy atom. The summed E-state index contributed by atoms with van der Waals surface area (Å²) in [7, 11) is 0. The lowest BCUT2D eigenvalue weighted by atomic mass is 9.90. The number of hydrogen-bond acceptors (Lipinski definition) is 2. The molecule has 2 heteroatoms. The molecule has 17 heavy (non-hydrogen) atoms. The zero-order chi connectivity index (χ0) is 12.3. The van der Waals surface area contributed by atoms with E-state index in [4.69, 9.17) is 10.5 Å². The number of nitrogens with two attached hydrogens (primary N) is 1. The van der Waals surface area contributed by atoms with Crippen LogP contribution in [0.5, 0.6) is 5.75 Å². The molecule has 2 rings (SSSR count). The van der Waals surface area contributed by atoms with Crippen molar-refractivity contribution in [3.05, 3.63) is 23.3 Å². The van der Waals surface area contributed by atoms with Crippen molar-refractivity contribution >= 4 is 5.69 Å². The third-order valence-corrected chi connectivity index (χ3v) is 3.83. The molecular formula is C15H23NO. The Balaban J connectivity index is 2.00. The highest BCUT2D eigenvalue weighted by molar-refractivity contribution is 5.56. The van der Waals surface area contributed by atoms with Gasteiger partial charge in [-0.05, 0) is 44.2 Å². The monoisotopic (exact) mass is 233 g/mol. The Morgan fingerprint density at radius 1 is 1.18 bits per heavy atom. The summed E-state index contributed by atoms with van der Waals surface area (Å²) in [5, 5.41) is 0. The van der Waals surface area contributed by atoms with Gasteiger partial charge >= 0.3 is 0 Å². The molecule has 1 aliphatic carbocycles. The van der Waals surface area contributed by atoms with Gasteiger partial charge in [-0.1, -0.05) is 25.3 Å². The van der Waals surface area contributed by atoms with Crippen LogP contribution in [0.3, 0.4) is 0 Å². The Bertz CT molecular complexity index is 381. The van der Waals surface area contributed by atoms with E-state index in [1.54, 1.807) is 0 Å². The van der Waals surface area contributed by atoms with E-state index >= 15 is 0 Å². The van der Waals surface area contributed by atoms with Gasteiger partial charge in [0.15, 0.2) is 0 Å². The van der Waals surface area contributed by atoms with Gasteiger partial charge in [-0.15, -0.1) is 0 Å². The molecule has 0 heterocycles. The molecule has 2 nitrogen and oxygen atoms in total. The van der Waals surface area contributed by atoms with Crippen LogP contribution >= 0.6 is 0 Å². The first-order valence-corrected chi connectivity index (χ1v) is 6.67. The second-order valence-electron chi connectivity index (χ2n) is 5.24. The SMILES string of the molecule is Cc1ccc(N)c(C)c1OCC1CCCCC1. The fourth-order valence-corrected chi connectivity index (χ4v) is 2.62. The molecule has 0 amide bonds. The maximum atomic E-state index is 6.01. The molecule has 1 saturated carbocycles. The lowest BCUT2D eigenvalue weighted by Gasteiger charge is -2.23. The summed E-state index contributed by atoms with van der Waals surface area (Å²) in [4.78, 5) is 0. The smallest absolute Gasteiger partial charge is 0.127 e. The predicted molar refractivity (Wildman–Crippen MR) is 72.4 cm³/mol. The van der Waals surface area contributed by atoms with Gasteiger partial charge in [0.2, 0.25) is 0 Å². The normalized spacial score (nSPS) is 17.1. The van der Waals surface area contributed by atoms with Crippen molar-refractivity contribution in [3.8, 4) is 5.75 Å². The van der Waals surface area contributed by atoms with E-state index in [1.807, 2.05) is 19.1 Å². The van der Waals surface area contributed by atoms with Crippen LogP contribution in [0.4, 0.5) is 5.69 Å². The minimum atomic E-state index is 0.740. The van der Waals surface area contributed by atoms with Crippen LogP contribution in [-0.4, -0.2) is 6.61 Å². The third kappa shape index (κ3) is 2.93. The summed E-state index contributed by atoms with van der Waals surface area (Å²) >= 11 is 0. The van der Waals surface area contributed by atoms with Crippen LogP contribution in [0, 0.1) is 19.8 Å². The number of ether oxygens (including phenoxy) is 1. The second kappa shape index (κ2) is 5.44. The van der Waals surface area contributed by atoms with Crippen LogP contribution < -0.4 is 10.5 Å². The lowest BCUT2D eigenvalue weighted by molar-refractivity contribution is 0.207. The first-order valence-electron chi connectivity index (χ1n) is 6.67. The van der Waals surface area contributed by atoms with Crippen molar-refractivity contribution in [3.63, 3.8) is 0 Å². The Hall–Kier alpha value is -1.18. The van der Waals surface area contributed by atoms with Gasteiger partial charge in [-0.25, -0.2) is 0 Å². The van der Waals surface area contributed by atoms with Gasteiger partial charge in [-0.3, -0.25) is 0 Å². The van der Waals surface area contributed by atoms with Gasteiger partial charge in [0.1, 0.15) is 5.75 Å². The summed E-state index contributed by atoms with van der Waals surface area (Å²) in [5.74, 6) is 1.74. The molecule has 0 unspecified atom stereocenters. The number of anilines is 1. The van der Waals surface area contributed by atoms with Gasteiger partial charge in [0.25, 0.3) is 0 Å². The summed E-state index contributed by atoms with van der Waals surface area (Å²) < 4.78 is 6.01. The van der Waals surface area contributed by atoms with Crippen LogP contribution in [0.2, 0.25) is 0 Å². The second-order valence-corrected chi connectivity index (χ2v) is 5.24. The highest BCUT2D eigenvalue weighted by atomic mass is 16.5. The van der Waals surface area contributed by atoms with E-state index in [0.717, 1.165) is 29.5 Å². The molecule has 1 aromatic rings. The van der Waals surface area contributed by atoms with Crippen molar-refractivity contribution in [2.75, 3.05) is 12.3 Å². The largest absolute Gasteiger partial charge is 0.493 e. The minimum absolute atomic E-state index is 0.740. The van der Waals surface area contributed by atoms with E-state index in [0.29, 0.717) is 0 Å². The van der Waals surface area contributed by atoms with Crippen LogP contribution in [0.1, 0.15) is 43.2 Å². The minimum Gasteiger partial charge on any atom is -0.493 e. The number of hydrogen-bond donors (Lipinski definition) is 1. The average Bonchev–Trinajstić information content (AvgIpc) is 2.35. The van der Waals surface area contributed by atoms with Crippen molar-refractivity contribution in [2.45, 2.75) is 46.0 Å². The first kappa shape index (κ1) is 12.3. The summed E-state index contributed by atoms with van der Waals surface area (Å²) in [6.45, 7) is 4.98. The summed E-state index contributed by atoms with van der Waals surface area (Å²) in [6.07, 6.45) is 6.76. The molecule has 0 bridgehead atoms. The van der Waals surface area contributed by atoms with Gasteiger partial charge < -0.3 is 10.5 Å². The zero-order valence-corrected chi connectivity index (χ0v) is 11.0. The first-order chi connectivity index (χ1) is 8.18. The van der Waals surface area contributed by atoms with Crippen molar-refractivity contribution in [1.82, 2.24) is 0 Å². The van der Waals surface area contributed by atoms with Gasteiger partial charge in [0, 0.05) is 11.3 Å². The summed E-state index contributed by atoms with van der Waals surface area (Å²) in [5.41, 5.74) is 9.02. The number of nitrogen functional groups attached to an aromatic ring is 1. The van der Waals surface area contributed by atoms with Crippen molar-refractivity contribution < 1.29 is 4.74 Å². The fourth-order valence-electron chi connectivity index (χ4n) is 2.62. The van der Waals surface area contributed by atoms with Crippen LogP contribution in [0.25, 0.3) is 0 Å². The molecular weight excluding hydrogens is 210 g/mol. The molecule has 94 valence electrons. The highest BCUT2D eigenvalue weighted by Gasteiger charge is 2.15. The van der Waals surface area contributed by atoms with E-state index < -0.39 is 0 Å². The summed E-state index contributed by atoms with van der Waals surface area (Å²) in [6, 6.07) is 4.00. The van der Waals surface area contributed by atoms with E-state index in [1.165, 1.54) is 37.7 Å². The molecule has 0 aromatic heterocycles. The Morgan fingerprint density at radius 3 is 2.59 bits per heavy atom. The van der Waals surface area contributed by atoms with Crippen molar-refractivity contribution in [2.24, 2.45) is 5.92 Å². The zero-order valence-electron chi connectivity index (χ0n) is 11.0. The van der Waals surface area contributed by atoms with E-state index in [2.05, 4.69) is 6.92 Å². The average molecular weight is 233 g/mol. The highest BCUT2D eigenvalue weighted by Crippen LogP contribution is 2.30. The van der Waals surface area contributed by atoms with E-state index in [-0.39, 0.29) is 0 Å². The van der Waals surface area contributed by atoms with E-state index in [9.17, 15) is 0 Å². The topological polar surface area (TPSA) is 35.2 Å². The maximum absolute atomic E-state index is 6.01. The van der Waals surface area contributed by atoms with Gasteiger partial charge in [0.05, 0.1) is 6.61 Å². The number of aryl methyl sites for hydroxylation is 1. The molecule has 0 radical (unpaired) electrons. The molecule has 1 fully saturated rings. The molecule has 0 aliphatic heterocycles. The van der Waals surface area contributed by atoms with Crippen LogP contribution in [-0.2, 0) is 0 Å². The van der Waals surface area contributed by atoms with Crippen molar-refractivity contribution in [1.29, 1.82) is 0 Å². The Labute approximate surface area is 104 Å². The molecule has 0 saturated heterocycles. The number of rotatable bonds is 3. The van der Waals surface area contributed by atoms with Gasteiger partial charge in [-0.2, -0.15) is 0 Å². The third-order valence-electron chi connectivity index (χ3n) is 3.83. The standard InChI is InChI=1S/C15H23NO/c1-11-8-9-14(16)12(2)15(11)17-10-13-6-4-3-5-7-13/h8-9,13H,3-7,10,16H2,1-2H3. The fraction of sp³-hybridized carbons (Fsp3) is 0.600. The molecule has 2 N–H and O–H groups in total. The Kier molecular flexibility index (Phi) is 3.93. The molecule has 0 atom stereocenters. The number of benzene rings is 1. The lowest BCUT2D eigenvalue weighted by Crippen LogP contribution is -2.16. The quantitative estimate of drug-likeness (QED) is 0.805. The maximum Gasteiger partial charge on any atom is 0.127 e.